The molecule has 1 saturated heterocycles. The van der Waals surface area contributed by atoms with Crippen LogP contribution in [0.4, 0.5) is 0 Å². The van der Waals surface area contributed by atoms with Crippen LogP contribution in [0.5, 0.6) is 5.88 Å². The predicted molar refractivity (Wildman–Crippen MR) is 67.0 cm³/mol. The summed E-state index contributed by atoms with van der Waals surface area (Å²) in [6.45, 7) is 1.37. The third kappa shape index (κ3) is 3.18. The van der Waals surface area contributed by atoms with Gasteiger partial charge in [0.15, 0.2) is 0 Å². The van der Waals surface area contributed by atoms with Crippen LogP contribution < -0.4 is 14.8 Å². The van der Waals surface area contributed by atoms with Crippen LogP contribution in [0.3, 0.4) is 0 Å². The molecule has 0 bridgehead atoms. The quantitative estimate of drug-likeness (QED) is 0.795. The first-order valence-electron chi connectivity index (χ1n) is 5.85. The topological polar surface area (TPSA) is 80.3 Å². The molecule has 0 radical (unpaired) electrons. The largest absolute Gasteiger partial charge is 0.481 e. The molecule has 0 spiro atoms. The van der Waals surface area contributed by atoms with Crippen molar-refractivity contribution >= 4 is 10.0 Å². The molecule has 0 saturated carbocycles. The fraction of sp³-hybridized carbons (Fsp3) is 0.545. The summed E-state index contributed by atoms with van der Waals surface area (Å²) in [5.41, 5.74) is 0. The predicted octanol–water partition coefficient (Wildman–Crippen LogP) is 0.120. The van der Waals surface area contributed by atoms with Crippen molar-refractivity contribution in [1.29, 1.82) is 0 Å². The maximum atomic E-state index is 12.0. The Morgan fingerprint density at radius 3 is 2.94 bits per heavy atom. The number of pyridine rings is 1. The van der Waals surface area contributed by atoms with Gasteiger partial charge in [-0.1, -0.05) is 0 Å². The van der Waals surface area contributed by atoms with Gasteiger partial charge in [-0.2, -0.15) is 0 Å². The van der Waals surface area contributed by atoms with E-state index in [1.807, 2.05) is 0 Å². The van der Waals surface area contributed by atoms with Gasteiger partial charge in [-0.25, -0.2) is 18.1 Å². The van der Waals surface area contributed by atoms with E-state index < -0.39 is 10.0 Å². The molecular weight excluding hydrogens is 254 g/mol. The Morgan fingerprint density at radius 2 is 2.39 bits per heavy atom. The van der Waals surface area contributed by atoms with Crippen molar-refractivity contribution in [3.63, 3.8) is 0 Å². The second-order valence-corrected chi connectivity index (χ2v) is 5.95. The Hall–Kier alpha value is -1.18. The molecule has 1 aromatic heterocycles. The molecule has 18 heavy (non-hydrogen) atoms. The number of nitrogens with zero attached hydrogens (tertiary/aromatic N) is 1. The first-order chi connectivity index (χ1) is 8.62. The molecule has 7 heteroatoms. The van der Waals surface area contributed by atoms with Crippen LogP contribution in [-0.4, -0.2) is 39.6 Å². The molecule has 2 rings (SSSR count). The molecule has 1 unspecified atom stereocenters. The van der Waals surface area contributed by atoms with Crippen molar-refractivity contribution in [2.75, 3.05) is 20.2 Å². The van der Waals surface area contributed by atoms with Gasteiger partial charge in [0, 0.05) is 18.7 Å². The Labute approximate surface area is 107 Å². The van der Waals surface area contributed by atoms with Gasteiger partial charge in [0.2, 0.25) is 15.9 Å². The average Bonchev–Trinajstić information content (AvgIpc) is 2.90. The maximum absolute atomic E-state index is 12.0. The minimum Gasteiger partial charge on any atom is -0.481 e. The van der Waals surface area contributed by atoms with Crippen LogP contribution >= 0.6 is 0 Å². The van der Waals surface area contributed by atoms with E-state index in [4.69, 9.17) is 4.74 Å². The number of ether oxygens (including phenoxy) is 1. The second-order valence-electron chi connectivity index (χ2n) is 4.18. The zero-order chi connectivity index (χ0) is 13.0. The molecule has 1 fully saturated rings. The minimum atomic E-state index is -3.48. The smallest absolute Gasteiger partial charge is 0.242 e. The first-order valence-corrected chi connectivity index (χ1v) is 7.33. The second kappa shape index (κ2) is 5.64. The Kier molecular flexibility index (Phi) is 4.15. The molecule has 6 nitrogen and oxygen atoms in total. The SMILES string of the molecule is COc1ccc(S(=O)(=O)NCC2CCCN2)cn1. The highest BCUT2D eigenvalue weighted by Gasteiger charge is 2.19. The lowest BCUT2D eigenvalue weighted by atomic mass is 10.2. The van der Waals surface area contributed by atoms with Crippen LogP contribution in [0.2, 0.25) is 0 Å². The number of sulfonamides is 1. The lowest BCUT2D eigenvalue weighted by Crippen LogP contribution is -2.37. The summed E-state index contributed by atoms with van der Waals surface area (Å²) >= 11 is 0. The van der Waals surface area contributed by atoms with Crippen molar-refractivity contribution in [3.8, 4) is 5.88 Å². The van der Waals surface area contributed by atoms with E-state index in [1.165, 1.54) is 25.4 Å². The van der Waals surface area contributed by atoms with Crippen molar-refractivity contribution in [1.82, 2.24) is 15.0 Å². The molecule has 100 valence electrons. The molecule has 1 aliphatic rings. The van der Waals surface area contributed by atoms with Crippen molar-refractivity contribution in [2.45, 2.75) is 23.8 Å². The highest BCUT2D eigenvalue weighted by molar-refractivity contribution is 7.89. The monoisotopic (exact) mass is 271 g/mol. The summed E-state index contributed by atoms with van der Waals surface area (Å²) < 4.78 is 31.4. The number of methoxy groups -OCH3 is 1. The van der Waals surface area contributed by atoms with Crippen molar-refractivity contribution < 1.29 is 13.2 Å². The number of hydrogen-bond donors (Lipinski definition) is 2. The molecule has 2 heterocycles. The highest BCUT2D eigenvalue weighted by Crippen LogP contribution is 2.12. The highest BCUT2D eigenvalue weighted by atomic mass is 32.2. The molecule has 0 aromatic carbocycles. The van der Waals surface area contributed by atoms with E-state index in [-0.39, 0.29) is 10.9 Å². The summed E-state index contributed by atoms with van der Waals surface area (Å²) in [5, 5.41) is 3.24. The van der Waals surface area contributed by atoms with Gasteiger partial charge in [0.25, 0.3) is 0 Å². The number of nitrogens with one attached hydrogen (secondary N) is 2. The number of hydrogen-bond acceptors (Lipinski definition) is 5. The summed E-state index contributed by atoms with van der Waals surface area (Å²) in [7, 11) is -1.99. The molecule has 1 aliphatic heterocycles. The molecule has 1 aromatic rings. The van der Waals surface area contributed by atoms with Gasteiger partial charge in [-0.15, -0.1) is 0 Å². The van der Waals surface area contributed by atoms with E-state index in [2.05, 4.69) is 15.0 Å². The van der Waals surface area contributed by atoms with Gasteiger partial charge in [0.05, 0.1) is 13.3 Å². The van der Waals surface area contributed by atoms with Crippen LogP contribution in [0, 0.1) is 0 Å². The number of aromatic nitrogens is 1. The standard InChI is InChI=1S/C11H17N3O3S/c1-17-11-5-4-10(8-13-11)18(15,16)14-7-9-3-2-6-12-9/h4-5,8-9,12,14H,2-3,6-7H2,1H3. The van der Waals surface area contributed by atoms with Gasteiger partial charge in [0.1, 0.15) is 4.90 Å². The van der Waals surface area contributed by atoms with Gasteiger partial charge >= 0.3 is 0 Å². The fourth-order valence-corrected chi connectivity index (χ4v) is 2.90. The van der Waals surface area contributed by atoms with Crippen LogP contribution in [0.25, 0.3) is 0 Å². The average molecular weight is 271 g/mol. The van der Waals surface area contributed by atoms with Gasteiger partial charge in [-0.05, 0) is 25.5 Å². The zero-order valence-electron chi connectivity index (χ0n) is 10.2. The van der Waals surface area contributed by atoms with E-state index in [1.54, 1.807) is 0 Å². The van der Waals surface area contributed by atoms with E-state index in [9.17, 15) is 8.42 Å². The normalized spacial score (nSPS) is 19.9. The van der Waals surface area contributed by atoms with Crippen molar-refractivity contribution in [3.05, 3.63) is 18.3 Å². The van der Waals surface area contributed by atoms with Gasteiger partial charge < -0.3 is 10.1 Å². The first kappa shape index (κ1) is 13.3. The molecular formula is C11H17N3O3S. The third-order valence-electron chi connectivity index (χ3n) is 2.91. The molecule has 1 atom stereocenters. The summed E-state index contributed by atoms with van der Waals surface area (Å²) in [5.74, 6) is 0.395. The lowest BCUT2D eigenvalue weighted by molar-refractivity contribution is 0.397. The van der Waals surface area contributed by atoms with E-state index in [0.29, 0.717) is 12.4 Å². The van der Waals surface area contributed by atoms with Crippen LogP contribution in [0.1, 0.15) is 12.8 Å². The molecule has 0 amide bonds. The Morgan fingerprint density at radius 1 is 1.56 bits per heavy atom. The maximum Gasteiger partial charge on any atom is 0.242 e. The fourth-order valence-electron chi connectivity index (χ4n) is 1.87. The van der Waals surface area contributed by atoms with E-state index >= 15 is 0 Å². The minimum absolute atomic E-state index is 0.154. The Balaban J connectivity index is 2.00. The van der Waals surface area contributed by atoms with Gasteiger partial charge in [-0.3, -0.25) is 0 Å². The zero-order valence-corrected chi connectivity index (χ0v) is 11.0. The molecule has 2 N–H and O–H groups in total. The Bertz CT molecular complexity index is 481. The molecule has 0 aliphatic carbocycles. The summed E-state index contributed by atoms with van der Waals surface area (Å²) in [4.78, 5) is 4.04. The third-order valence-corrected chi connectivity index (χ3v) is 4.32. The number of rotatable bonds is 5. The van der Waals surface area contributed by atoms with Crippen LogP contribution in [-0.2, 0) is 10.0 Å². The van der Waals surface area contributed by atoms with E-state index in [0.717, 1.165) is 19.4 Å². The van der Waals surface area contributed by atoms with Crippen molar-refractivity contribution in [2.24, 2.45) is 0 Å². The summed E-state index contributed by atoms with van der Waals surface area (Å²) in [6, 6.07) is 3.24. The van der Waals surface area contributed by atoms with Crippen LogP contribution in [0.15, 0.2) is 23.2 Å². The lowest BCUT2D eigenvalue weighted by Gasteiger charge is -2.11. The summed E-state index contributed by atoms with van der Waals surface area (Å²) in [6.07, 6.45) is 3.39.